The Kier molecular flexibility index (Phi) is 5.09. The van der Waals surface area contributed by atoms with Gasteiger partial charge >= 0.3 is 5.97 Å². The molecular weight excluding hydrogens is 260 g/mol. The largest absolute Gasteiger partial charge is 0.480 e. The predicted octanol–water partition coefficient (Wildman–Crippen LogP) is 0.818. The van der Waals surface area contributed by atoms with Crippen molar-refractivity contribution in [1.29, 1.82) is 0 Å². The maximum atomic E-state index is 11.9. The number of carbonyl (C=O) groups excluding carboxylic acids is 1. The highest BCUT2D eigenvalue weighted by Gasteiger charge is 2.30. The van der Waals surface area contributed by atoms with Crippen LogP contribution in [0.25, 0.3) is 0 Å². The molecule has 2 N–H and O–H groups in total. The van der Waals surface area contributed by atoms with Crippen molar-refractivity contribution >= 4 is 11.9 Å². The maximum absolute atomic E-state index is 11.9. The lowest BCUT2D eigenvalue weighted by molar-refractivity contribution is -0.143. The third kappa shape index (κ3) is 4.04. The zero-order chi connectivity index (χ0) is 14.4. The zero-order valence-electron chi connectivity index (χ0n) is 11.4. The van der Waals surface area contributed by atoms with E-state index in [0.717, 1.165) is 32.1 Å². The SMILES string of the molecule is O=C(CCn1cncn1)NC(C(=O)O)C1CCCCC1. The molecular formula is C13H20N4O3. The van der Waals surface area contributed by atoms with Crippen LogP contribution in [0.15, 0.2) is 12.7 Å². The van der Waals surface area contributed by atoms with E-state index in [2.05, 4.69) is 15.4 Å². The Morgan fingerprint density at radius 2 is 2.10 bits per heavy atom. The summed E-state index contributed by atoms with van der Waals surface area (Å²) in [5, 5.41) is 15.8. The average molecular weight is 280 g/mol. The number of aliphatic carboxylic acids is 1. The van der Waals surface area contributed by atoms with Gasteiger partial charge in [-0.3, -0.25) is 9.48 Å². The summed E-state index contributed by atoms with van der Waals surface area (Å²) in [7, 11) is 0. The van der Waals surface area contributed by atoms with Crippen LogP contribution in [-0.2, 0) is 16.1 Å². The first-order chi connectivity index (χ1) is 9.66. The molecule has 110 valence electrons. The summed E-state index contributed by atoms with van der Waals surface area (Å²) in [6.45, 7) is 0.406. The number of nitrogens with zero attached hydrogens (tertiary/aromatic N) is 3. The lowest BCUT2D eigenvalue weighted by Gasteiger charge is -2.28. The molecule has 1 atom stereocenters. The van der Waals surface area contributed by atoms with Crippen molar-refractivity contribution in [2.45, 2.75) is 51.1 Å². The van der Waals surface area contributed by atoms with Crippen LogP contribution in [0.5, 0.6) is 0 Å². The Morgan fingerprint density at radius 3 is 2.70 bits per heavy atom. The Labute approximate surface area is 117 Å². The summed E-state index contributed by atoms with van der Waals surface area (Å²) < 4.78 is 1.55. The van der Waals surface area contributed by atoms with E-state index in [9.17, 15) is 14.7 Å². The second kappa shape index (κ2) is 7.02. The van der Waals surface area contributed by atoms with Crippen molar-refractivity contribution < 1.29 is 14.7 Å². The Balaban J connectivity index is 1.83. The molecule has 0 saturated heterocycles. The molecule has 7 heteroatoms. The van der Waals surface area contributed by atoms with Crippen LogP contribution >= 0.6 is 0 Å². The van der Waals surface area contributed by atoms with E-state index >= 15 is 0 Å². The zero-order valence-corrected chi connectivity index (χ0v) is 11.4. The normalized spacial score (nSPS) is 17.6. The number of amides is 1. The number of carboxylic acid groups (broad SMARTS) is 1. The van der Waals surface area contributed by atoms with Gasteiger partial charge in [0.25, 0.3) is 0 Å². The average Bonchev–Trinajstić information content (AvgIpc) is 2.96. The fourth-order valence-electron chi connectivity index (χ4n) is 2.66. The van der Waals surface area contributed by atoms with Gasteiger partial charge in [-0.2, -0.15) is 5.10 Å². The third-order valence-electron chi connectivity index (χ3n) is 3.74. The molecule has 1 aromatic rings. The number of hydrogen-bond acceptors (Lipinski definition) is 4. The molecule has 0 radical (unpaired) electrons. The van der Waals surface area contributed by atoms with E-state index in [1.807, 2.05) is 0 Å². The summed E-state index contributed by atoms with van der Waals surface area (Å²) in [5.74, 6) is -1.14. The van der Waals surface area contributed by atoms with Crippen molar-refractivity contribution in [3.05, 3.63) is 12.7 Å². The number of nitrogens with one attached hydrogen (secondary N) is 1. The minimum Gasteiger partial charge on any atom is -0.480 e. The van der Waals surface area contributed by atoms with Gasteiger partial charge in [0.15, 0.2) is 0 Å². The maximum Gasteiger partial charge on any atom is 0.326 e. The summed E-state index contributed by atoms with van der Waals surface area (Å²) >= 11 is 0. The van der Waals surface area contributed by atoms with E-state index in [1.54, 1.807) is 4.68 Å². The molecule has 0 spiro atoms. The molecule has 1 unspecified atom stereocenters. The first-order valence-electron chi connectivity index (χ1n) is 7.01. The molecule has 0 bridgehead atoms. The second-order valence-electron chi connectivity index (χ2n) is 5.19. The fraction of sp³-hybridized carbons (Fsp3) is 0.692. The molecule has 20 heavy (non-hydrogen) atoms. The molecule has 1 aliphatic carbocycles. The van der Waals surface area contributed by atoms with Crippen LogP contribution in [0.1, 0.15) is 38.5 Å². The van der Waals surface area contributed by atoms with E-state index in [1.165, 1.54) is 12.7 Å². The highest BCUT2D eigenvalue weighted by molar-refractivity contribution is 5.83. The van der Waals surface area contributed by atoms with E-state index < -0.39 is 12.0 Å². The van der Waals surface area contributed by atoms with Gasteiger partial charge in [0.1, 0.15) is 18.7 Å². The first kappa shape index (κ1) is 14.5. The van der Waals surface area contributed by atoms with E-state index in [0.29, 0.717) is 6.54 Å². The molecule has 1 fully saturated rings. The van der Waals surface area contributed by atoms with E-state index in [-0.39, 0.29) is 18.2 Å². The molecule has 1 aromatic heterocycles. The van der Waals surface area contributed by atoms with Gasteiger partial charge in [-0.05, 0) is 18.8 Å². The van der Waals surface area contributed by atoms with Crippen molar-refractivity contribution in [2.75, 3.05) is 0 Å². The Hall–Kier alpha value is -1.92. The Bertz CT molecular complexity index is 440. The lowest BCUT2D eigenvalue weighted by atomic mass is 9.84. The summed E-state index contributed by atoms with van der Waals surface area (Å²) in [4.78, 5) is 27.0. The number of rotatable bonds is 6. The van der Waals surface area contributed by atoms with E-state index in [4.69, 9.17) is 0 Å². The van der Waals surface area contributed by atoms with Gasteiger partial charge < -0.3 is 10.4 Å². The smallest absolute Gasteiger partial charge is 0.326 e. The summed E-state index contributed by atoms with van der Waals surface area (Å²) in [5.41, 5.74) is 0. The molecule has 1 saturated carbocycles. The molecule has 7 nitrogen and oxygen atoms in total. The highest BCUT2D eigenvalue weighted by atomic mass is 16.4. The van der Waals surface area contributed by atoms with Gasteiger partial charge in [-0.25, -0.2) is 9.78 Å². The molecule has 0 aromatic carbocycles. The summed E-state index contributed by atoms with van der Waals surface area (Å²) in [6.07, 6.45) is 8.14. The van der Waals surface area contributed by atoms with Crippen LogP contribution in [0.4, 0.5) is 0 Å². The van der Waals surface area contributed by atoms with Gasteiger partial charge in [0.2, 0.25) is 5.91 Å². The van der Waals surface area contributed by atoms with Crippen molar-refractivity contribution in [1.82, 2.24) is 20.1 Å². The quantitative estimate of drug-likeness (QED) is 0.804. The van der Waals surface area contributed by atoms with Crippen molar-refractivity contribution in [3.63, 3.8) is 0 Å². The number of hydrogen-bond donors (Lipinski definition) is 2. The minimum absolute atomic E-state index is 0.0524. The number of carboxylic acids is 1. The third-order valence-corrected chi connectivity index (χ3v) is 3.74. The van der Waals surface area contributed by atoms with Gasteiger partial charge in [0, 0.05) is 6.42 Å². The molecule has 1 amide bonds. The summed E-state index contributed by atoms with van der Waals surface area (Å²) in [6, 6.07) is -0.765. The van der Waals surface area contributed by atoms with Crippen molar-refractivity contribution in [3.8, 4) is 0 Å². The van der Waals surface area contributed by atoms with Crippen molar-refractivity contribution in [2.24, 2.45) is 5.92 Å². The number of carbonyl (C=O) groups is 2. The fourth-order valence-corrected chi connectivity index (χ4v) is 2.66. The van der Waals surface area contributed by atoms with Crippen LogP contribution < -0.4 is 5.32 Å². The lowest BCUT2D eigenvalue weighted by Crippen LogP contribution is -2.46. The van der Waals surface area contributed by atoms with Crippen LogP contribution in [0.3, 0.4) is 0 Å². The Morgan fingerprint density at radius 1 is 1.35 bits per heavy atom. The number of aryl methyl sites for hydroxylation is 1. The van der Waals surface area contributed by atoms with Gasteiger partial charge in [-0.15, -0.1) is 0 Å². The van der Waals surface area contributed by atoms with Gasteiger partial charge in [-0.1, -0.05) is 19.3 Å². The van der Waals surface area contributed by atoms with Gasteiger partial charge in [0.05, 0.1) is 6.54 Å². The minimum atomic E-state index is -0.939. The topological polar surface area (TPSA) is 97.1 Å². The van der Waals surface area contributed by atoms with Crippen LogP contribution in [0, 0.1) is 5.92 Å². The predicted molar refractivity (Wildman–Crippen MR) is 70.8 cm³/mol. The molecule has 1 aliphatic rings. The molecule has 2 rings (SSSR count). The molecule has 0 aliphatic heterocycles. The standard InChI is InChI=1S/C13H20N4O3/c18-11(6-7-17-9-14-8-15-17)16-12(13(19)20)10-4-2-1-3-5-10/h8-10,12H,1-7H2,(H,16,18)(H,19,20). The highest BCUT2D eigenvalue weighted by Crippen LogP contribution is 2.26. The molecule has 1 heterocycles. The number of aromatic nitrogens is 3. The van der Waals surface area contributed by atoms with Crippen LogP contribution in [-0.4, -0.2) is 37.8 Å². The monoisotopic (exact) mass is 280 g/mol. The first-order valence-corrected chi connectivity index (χ1v) is 7.01. The van der Waals surface area contributed by atoms with Crippen LogP contribution in [0.2, 0.25) is 0 Å². The second-order valence-corrected chi connectivity index (χ2v) is 5.19.